The molecule has 1 aromatic rings. The van der Waals surface area contributed by atoms with Gasteiger partial charge in [0.05, 0.1) is 25.9 Å². The van der Waals surface area contributed by atoms with Gasteiger partial charge in [-0.2, -0.15) is 8.78 Å². The van der Waals surface area contributed by atoms with Crippen molar-refractivity contribution in [2.24, 2.45) is 0 Å². The third-order valence-corrected chi connectivity index (χ3v) is 5.54. The Kier molecular flexibility index (Phi) is 7.70. The maximum Gasteiger partial charge on any atom is 0.406 e. The van der Waals surface area contributed by atoms with Crippen LogP contribution in [0.2, 0.25) is 0 Å². The molecule has 9 heteroatoms. The number of aliphatic hydroxyl groups is 1. The van der Waals surface area contributed by atoms with Gasteiger partial charge in [-0.25, -0.2) is 0 Å². The second-order valence-electron chi connectivity index (χ2n) is 4.49. The molecule has 0 spiro atoms. The number of aliphatic hydroxyl groups excluding tert-OH is 1. The Hall–Kier alpha value is -0.920. The Morgan fingerprint density at radius 1 is 1.30 bits per heavy atom. The van der Waals surface area contributed by atoms with Crippen molar-refractivity contribution in [2.75, 3.05) is 19.8 Å². The van der Waals surface area contributed by atoms with Gasteiger partial charge >= 0.3 is 13.3 Å². The summed E-state index contributed by atoms with van der Waals surface area (Å²) in [5, 5.41) is 11.8. The lowest BCUT2D eigenvalue weighted by atomic mass is 10.1. The van der Waals surface area contributed by atoms with Gasteiger partial charge in [-0.1, -0.05) is 42.5 Å². The van der Waals surface area contributed by atoms with Crippen molar-refractivity contribution in [3.63, 3.8) is 0 Å². The molecule has 0 saturated heterocycles. The summed E-state index contributed by atoms with van der Waals surface area (Å²) < 4.78 is 50.5. The van der Waals surface area contributed by atoms with E-state index < -0.39 is 30.9 Å². The first-order chi connectivity index (χ1) is 10.8. The van der Waals surface area contributed by atoms with Crippen LogP contribution in [0.3, 0.4) is 0 Å². The van der Waals surface area contributed by atoms with Crippen LogP contribution in [-0.2, 0) is 13.6 Å². The highest BCUT2D eigenvalue weighted by Crippen LogP contribution is 2.62. The molecule has 23 heavy (non-hydrogen) atoms. The van der Waals surface area contributed by atoms with Crippen molar-refractivity contribution < 1.29 is 27.5 Å². The molecule has 0 aliphatic carbocycles. The summed E-state index contributed by atoms with van der Waals surface area (Å²) in [4.78, 5) is -0.995. The summed E-state index contributed by atoms with van der Waals surface area (Å²) in [6, 6.07) is 7.60. The lowest BCUT2D eigenvalue weighted by Crippen LogP contribution is -2.42. The maximum absolute atomic E-state index is 14.5. The molecular weight excluding hydrogens is 347 g/mol. The van der Waals surface area contributed by atoms with E-state index in [4.69, 9.17) is 12.2 Å². The molecule has 1 atom stereocenters. The van der Waals surface area contributed by atoms with Gasteiger partial charge in [-0.3, -0.25) is 4.57 Å². The smallest absolute Gasteiger partial charge is 0.394 e. The van der Waals surface area contributed by atoms with Gasteiger partial charge in [0.2, 0.25) is 0 Å². The van der Waals surface area contributed by atoms with Gasteiger partial charge < -0.3 is 19.5 Å². The zero-order valence-electron chi connectivity index (χ0n) is 12.9. The molecule has 1 rings (SSSR count). The standard InChI is InChI=1S/C14H20F2NO4PS/c1-3-20-22(19,21-4-2)14(15,16)13(23)17-12(10-18)11-8-6-5-7-9-11/h5-9,12,18H,3-4,10H2,1-2H3,(H,17,23)/t12-/m0/s1. The number of halogens is 2. The average Bonchev–Trinajstić information content (AvgIpc) is 2.53. The molecule has 0 bridgehead atoms. The van der Waals surface area contributed by atoms with Crippen LogP contribution in [0, 0.1) is 0 Å². The van der Waals surface area contributed by atoms with E-state index in [9.17, 15) is 18.5 Å². The second kappa shape index (κ2) is 8.80. The minimum Gasteiger partial charge on any atom is -0.394 e. The van der Waals surface area contributed by atoms with E-state index in [1.54, 1.807) is 30.3 Å². The number of hydrogen-bond acceptors (Lipinski definition) is 5. The van der Waals surface area contributed by atoms with Gasteiger partial charge in [0.25, 0.3) is 0 Å². The maximum atomic E-state index is 14.5. The van der Waals surface area contributed by atoms with Crippen LogP contribution >= 0.6 is 19.8 Å². The fraction of sp³-hybridized carbons (Fsp3) is 0.500. The summed E-state index contributed by atoms with van der Waals surface area (Å²) in [6.07, 6.45) is 0. The first-order valence-electron chi connectivity index (χ1n) is 7.06. The number of hydrogen-bond donors (Lipinski definition) is 2. The summed E-state index contributed by atoms with van der Waals surface area (Å²) in [5.74, 6) is 0. The molecule has 0 aliphatic rings. The van der Waals surface area contributed by atoms with Crippen LogP contribution < -0.4 is 5.32 Å². The highest BCUT2D eigenvalue weighted by molar-refractivity contribution is 7.81. The quantitative estimate of drug-likeness (QED) is 0.514. The molecule has 0 heterocycles. The zero-order chi connectivity index (χ0) is 17.5. The van der Waals surface area contributed by atoms with Gasteiger partial charge in [0, 0.05) is 0 Å². The predicted octanol–water partition coefficient (Wildman–Crippen LogP) is 3.50. The first kappa shape index (κ1) is 20.1. The number of benzene rings is 1. The largest absolute Gasteiger partial charge is 0.406 e. The average molecular weight is 367 g/mol. The number of rotatable bonds is 9. The SMILES string of the molecule is CCOP(=O)(OCC)C(F)(F)C(=S)N[C@@H](CO)c1ccccc1. The molecule has 0 saturated carbocycles. The van der Waals surface area contributed by atoms with Crippen molar-refractivity contribution >= 4 is 24.8 Å². The van der Waals surface area contributed by atoms with Crippen LogP contribution in [0.1, 0.15) is 25.5 Å². The minimum atomic E-state index is -4.76. The third-order valence-electron chi connectivity index (χ3n) is 2.91. The summed E-state index contributed by atoms with van der Waals surface area (Å²) in [6.45, 7) is 1.97. The lowest BCUT2D eigenvalue weighted by molar-refractivity contribution is 0.0925. The molecule has 0 fully saturated rings. The van der Waals surface area contributed by atoms with E-state index in [1.807, 2.05) is 0 Å². The monoisotopic (exact) mass is 367 g/mol. The topological polar surface area (TPSA) is 67.8 Å². The molecule has 0 aromatic heterocycles. The molecule has 130 valence electrons. The molecule has 1 aromatic carbocycles. The fourth-order valence-corrected chi connectivity index (χ4v) is 3.70. The Morgan fingerprint density at radius 2 is 1.83 bits per heavy atom. The van der Waals surface area contributed by atoms with Crippen LogP contribution in [-0.4, -0.2) is 35.6 Å². The fourth-order valence-electron chi connectivity index (χ4n) is 1.83. The van der Waals surface area contributed by atoms with E-state index in [0.717, 1.165) is 0 Å². The van der Waals surface area contributed by atoms with Crippen molar-refractivity contribution in [1.82, 2.24) is 5.32 Å². The normalized spacial score (nSPS) is 13.6. The first-order valence-corrected chi connectivity index (χ1v) is 9.01. The number of thiocarbonyl (C=S) groups is 1. The summed E-state index contributed by atoms with van der Waals surface area (Å²) in [5.41, 5.74) is -3.44. The Labute approximate surface area is 139 Å². The molecular formula is C14H20F2NO4PS. The van der Waals surface area contributed by atoms with Crippen molar-refractivity contribution in [3.05, 3.63) is 35.9 Å². The summed E-state index contributed by atoms with van der Waals surface area (Å²) in [7, 11) is -4.76. The van der Waals surface area contributed by atoms with Crippen molar-refractivity contribution in [2.45, 2.75) is 25.6 Å². The molecule has 5 nitrogen and oxygen atoms in total. The van der Waals surface area contributed by atoms with Crippen LogP contribution in [0.5, 0.6) is 0 Å². The number of alkyl halides is 2. The lowest BCUT2D eigenvalue weighted by Gasteiger charge is -2.28. The Morgan fingerprint density at radius 3 is 2.26 bits per heavy atom. The van der Waals surface area contributed by atoms with E-state index in [-0.39, 0.29) is 13.2 Å². The van der Waals surface area contributed by atoms with Crippen LogP contribution in [0.4, 0.5) is 8.78 Å². The number of nitrogens with one attached hydrogen (secondary N) is 1. The van der Waals surface area contributed by atoms with Crippen molar-refractivity contribution in [3.8, 4) is 0 Å². The van der Waals surface area contributed by atoms with E-state index in [2.05, 4.69) is 14.4 Å². The molecule has 0 aliphatic heterocycles. The minimum absolute atomic E-state index is 0.211. The molecule has 2 N–H and O–H groups in total. The van der Waals surface area contributed by atoms with Gasteiger partial charge in [0.1, 0.15) is 0 Å². The Bertz CT molecular complexity index is 549. The highest BCUT2D eigenvalue weighted by atomic mass is 32.1. The molecule has 0 unspecified atom stereocenters. The van der Waals surface area contributed by atoms with Crippen LogP contribution in [0.25, 0.3) is 0 Å². The summed E-state index contributed by atoms with van der Waals surface area (Å²) >= 11 is 4.70. The van der Waals surface area contributed by atoms with E-state index in [1.165, 1.54) is 13.8 Å². The highest BCUT2D eigenvalue weighted by Gasteiger charge is 2.57. The van der Waals surface area contributed by atoms with Gasteiger partial charge in [-0.05, 0) is 19.4 Å². The van der Waals surface area contributed by atoms with E-state index in [0.29, 0.717) is 5.56 Å². The second-order valence-corrected chi connectivity index (χ2v) is 6.97. The predicted molar refractivity (Wildman–Crippen MR) is 87.8 cm³/mol. The van der Waals surface area contributed by atoms with Gasteiger partial charge in [-0.15, -0.1) is 0 Å². The van der Waals surface area contributed by atoms with Gasteiger partial charge in [0.15, 0.2) is 4.99 Å². The van der Waals surface area contributed by atoms with Crippen LogP contribution in [0.15, 0.2) is 30.3 Å². The van der Waals surface area contributed by atoms with Crippen molar-refractivity contribution in [1.29, 1.82) is 0 Å². The molecule has 0 amide bonds. The van der Waals surface area contributed by atoms with E-state index >= 15 is 0 Å². The Balaban J connectivity index is 2.98. The third kappa shape index (κ3) is 4.78. The molecule has 0 radical (unpaired) electrons. The zero-order valence-corrected chi connectivity index (χ0v) is 14.6.